The normalized spacial score (nSPS) is 12.8. The van der Waals surface area contributed by atoms with Crippen molar-refractivity contribution in [3.05, 3.63) is 64.7 Å². The number of methoxy groups -OCH3 is 2. The van der Waals surface area contributed by atoms with E-state index in [-0.39, 0.29) is 30.0 Å². The lowest BCUT2D eigenvalue weighted by Crippen LogP contribution is -2.32. The maximum absolute atomic E-state index is 12.4. The Labute approximate surface area is 183 Å². The molecule has 0 atom stereocenters. The van der Waals surface area contributed by atoms with Gasteiger partial charge in [0, 0.05) is 6.54 Å². The second-order valence-corrected chi connectivity index (χ2v) is 6.60. The number of nitriles is 1. The molecular weight excluding hydrogens is 416 g/mol. The quantitative estimate of drug-likeness (QED) is 0.214. The average molecular weight is 434 g/mol. The van der Waals surface area contributed by atoms with Crippen molar-refractivity contribution in [3.8, 4) is 17.6 Å². The Bertz CT molecular complexity index is 1140. The molecular formula is C23H18N2O7. The van der Waals surface area contributed by atoms with E-state index in [9.17, 15) is 19.2 Å². The topological polar surface area (TPSA) is 123 Å². The zero-order valence-corrected chi connectivity index (χ0v) is 17.3. The summed E-state index contributed by atoms with van der Waals surface area (Å²) in [4.78, 5) is 49.6. The number of rotatable bonds is 7. The summed E-state index contributed by atoms with van der Waals surface area (Å²) in [6, 6.07) is 12.6. The van der Waals surface area contributed by atoms with Crippen molar-refractivity contribution < 1.29 is 33.4 Å². The summed E-state index contributed by atoms with van der Waals surface area (Å²) in [6.07, 6.45) is 1.10. The van der Waals surface area contributed by atoms with Crippen LogP contribution in [0.3, 0.4) is 0 Å². The molecule has 0 aromatic heterocycles. The Balaban J connectivity index is 1.67. The van der Waals surface area contributed by atoms with Crippen LogP contribution in [0.2, 0.25) is 0 Å². The third-order valence-electron chi connectivity index (χ3n) is 4.67. The zero-order valence-electron chi connectivity index (χ0n) is 17.3. The van der Waals surface area contributed by atoms with Gasteiger partial charge in [-0.05, 0) is 35.9 Å². The highest BCUT2D eigenvalue weighted by Gasteiger charge is 2.35. The first-order chi connectivity index (χ1) is 15.4. The molecule has 3 rings (SSSR count). The number of hydrogen-bond acceptors (Lipinski definition) is 8. The van der Waals surface area contributed by atoms with Gasteiger partial charge >= 0.3 is 11.9 Å². The molecule has 0 saturated heterocycles. The van der Waals surface area contributed by atoms with E-state index in [4.69, 9.17) is 14.7 Å². The summed E-state index contributed by atoms with van der Waals surface area (Å²) >= 11 is 0. The van der Waals surface area contributed by atoms with Gasteiger partial charge in [0.25, 0.3) is 11.8 Å². The van der Waals surface area contributed by atoms with Crippen molar-refractivity contribution in [3.63, 3.8) is 0 Å². The van der Waals surface area contributed by atoms with Crippen LogP contribution in [0, 0.1) is 11.3 Å². The minimum absolute atomic E-state index is 0.105. The van der Waals surface area contributed by atoms with E-state index in [1.54, 1.807) is 30.3 Å². The van der Waals surface area contributed by atoms with E-state index < -0.39 is 23.8 Å². The van der Waals surface area contributed by atoms with Gasteiger partial charge in [-0.1, -0.05) is 18.2 Å². The molecule has 162 valence electrons. The van der Waals surface area contributed by atoms with Gasteiger partial charge < -0.3 is 14.2 Å². The number of carbonyl (C=O) groups excluding carboxylic acids is 4. The number of fused-ring (bicyclic) bond motifs is 1. The fourth-order valence-corrected chi connectivity index (χ4v) is 3.09. The van der Waals surface area contributed by atoms with Gasteiger partial charge in [-0.25, -0.2) is 4.79 Å². The largest absolute Gasteiger partial charge is 0.493 e. The minimum atomic E-state index is -0.782. The van der Waals surface area contributed by atoms with Crippen molar-refractivity contribution in [1.29, 1.82) is 5.26 Å². The molecule has 2 aromatic carbocycles. The second kappa shape index (κ2) is 9.57. The molecule has 9 heteroatoms. The first-order valence-electron chi connectivity index (χ1n) is 9.43. The predicted octanol–water partition coefficient (Wildman–Crippen LogP) is 2.37. The first kappa shape index (κ1) is 22.2. The molecule has 0 N–H and O–H groups in total. The van der Waals surface area contributed by atoms with E-state index >= 15 is 0 Å². The van der Waals surface area contributed by atoms with Crippen LogP contribution >= 0.6 is 0 Å². The number of benzene rings is 2. The highest BCUT2D eigenvalue weighted by molar-refractivity contribution is 6.21. The highest BCUT2D eigenvalue weighted by Crippen LogP contribution is 2.30. The van der Waals surface area contributed by atoms with Gasteiger partial charge in [-0.2, -0.15) is 5.26 Å². The smallest absolute Gasteiger partial charge is 0.348 e. The number of amides is 2. The molecule has 0 fully saturated rings. The lowest BCUT2D eigenvalue weighted by atomic mass is 10.1. The van der Waals surface area contributed by atoms with Crippen molar-refractivity contribution in [1.82, 2.24) is 4.90 Å². The summed E-state index contributed by atoms with van der Waals surface area (Å²) in [5, 5.41) is 9.06. The number of ether oxygens (including phenoxy) is 3. The average Bonchev–Trinajstić information content (AvgIpc) is 3.06. The molecule has 32 heavy (non-hydrogen) atoms. The van der Waals surface area contributed by atoms with Crippen LogP contribution < -0.4 is 9.47 Å². The molecule has 1 aliphatic heterocycles. The van der Waals surface area contributed by atoms with Gasteiger partial charge in [0.15, 0.2) is 11.5 Å². The van der Waals surface area contributed by atoms with Crippen molar-refractivity contribution in [2.75, 3.05) is 20.8 Å². The Hall–Kier alpha value is -4.45. The minimum Gasteiger partial charge on any atom is -0.493 e. The second-order valence-electron chi connectivity index (χ2n) is 6.60. The number of hydrogen-bond donors (Lipinski definition) is 0. The van der Waals surface area contributed by atoms with Gasteiger partial charge in [-0.3, -0.25) is 19.3 Å². The molecule has 2 aromatic rings. The monoisotopic (exact) mass is 434 g/mol. The van der Waals surface area contributed by atoms with E-state index in [1.807, 2.05) is 0 Å². The van der Waals surface area contributed by atoms with Crippen LogP contribution in [0.25, 0.3) is 6.08 Å². The molecule has 0 unspecified atom stereocenters. The molecule has 9 nitrogen and oxygen atoms in total. The van der Waals surface area contributed by atoms with Crippen molar-refractivity contribution in [2.24, 2.45) is 0 Å². The Morgan fingerprint density at radius 2 is 1.69 bits per heavy atom. The summed E-state index contributed by atoms with van der Waals surface area (Å²) < 4.78 is 15.1. The molecule has 0 spiro atoms. The van der Waals surface area contributed by atoms with E-state index in [2.05, 4.69) is 4.74 Å². The standard InChI is InChI=1S/C23H18N2O7/c1-30-19-12-14(11-15(13-24)23(29)31-2)7-8-18(19)32-20(26)9-10-25-21(27)16-5-3-4-6-17(16)22(25)28/h3-8,11-12H,9-10H2,1-2H3/b15-11-. The molecule has 1 aliphatic rings. The van der Waals surface area contributed by atoms with Crippen molar-refractivity contribution in [2.45, 2.75) is 6.42 Å². The van der Waals surface area contributed by atoms with Crippen LogP contribution in [0.5, 0.6) is 11.5 Å². The summed E-state index contributed by atoms with van der Waals surface area (Å²) in [5.74, 6) is -2.06. The number of imide groups is 1. The lowest BCUT2D eigenvalue weighted by Gasteiger charge is -2.14. The van der Waals surface area contributed by atoms with Crippen LogP contribution in [-0.2, 0) is 14.3 Å². The van der Waals surface area contributed by atoms with Gasteiger partial charge in [0.05, 0.1) is 31.8 Å². The Kier molecular flexibility index (Phi) is 6.65. The zero-order chi connectivity index (χ0) is 23.3. The third-order valence-corrected chi connectivity index (χ3v) is 4.67. The van der Waals surface area contributed by atoms with E-state index in [0.717, 1.165) is 4.90 Å². The third kappa shape index (κ3) is 4.49. The summed E-state index contributed by atoms with van der Waals surface area (Å²) in [5.41, 5.74) is 0.856. The van der Waals surface area contributed by atoms with Gasteiger partial charge in [0.1, 0.15) is 11.6 Å². The van der Waals surface area contributed by atoms with Crippen LogP contribution in [0.1, 0.15) is 32.7 Å². The first-order valence-corrected chi connectivity index (χ1v) is 9.43. The Morgan fingerprint density at radius 1 is 1.03 bits per heavy atom. The number of esters is 2. The summed E-state index contributed by atoms with van der Waals surface area (Å²) in [7, 11) is 2.53. The van der Waals surface area contributed by atoms with E-state index in [1.165, 1.54) is 38.5 Å². The fraction of sp³-hybridized carbons (Fsp3) is 0.174. The lowest BCUT2D eigenvalue weighted by molar-refractivity contribution is -0.136. The van der Waals surface area contributed by atoms with E-state index in [0.29, 0.717) is 16.7 Å². The molecule has 0 radical (unpaired) electrons. The maximum atomic E-state index is 12.4. The fourth-order valence-electron chi connectivity index (χ4n) is 3.09. The molecule has 0 aliphatic carbocycles. The molecule has 1 heterocycles. The molecule has 2 amide bonds. The van der Waals surface area contributed by atoms with Crippen molar-refractivity contribution >= 4 is 29.8 Å². The van der Waals surface area contributed by atoms with Crippen LogP contribution in [-0.4, -0.2) is 49.4 Å². The van der Waals surface area contributed by atoms with Crippen LogP contribution in [0.15, 0.2) is 48.0 Å². The Morgan fingerprint density at radius 3 is 2.25 bits per heavy atom. The van der Waals surface area contributed by atoms with Gasteiger partial charge in [0.2, 0.25) is 0 Å². The number of nitrogens with zero attached hydrogens (tertiary/aromatic N) is 2. The molecule has 0 bridgehead atoms. The van der Waals surface area contributed by atoms with Crippen LogP contribution in [0.4, 0.5) is 0 Å². The SMILES string of the molecule is COC(=O)/C(C#N)=C\c1ccc(OC(=O)CCN2C(=O)c3ccccc3C2=O)c(OC)c1. The highest BCUT2D eigenvalue weighted by atomic mass is 16.6. The summed E-state index contributed by atoms with van der Waals surface area (Å²) in [6.45, 7) is -0.126. The van der Waals surface area contributed by atoms with Gasteiger partial charge in [-0.15, -0.1) is 0 Å². The number of carbonyl (C=O) groups is 4. The predicted molar refractivity (Wildman–Crippen MR) is 111 cm³/mol. The molecule has 0 saturated carbocycles. The maximum Gasteiger partial charge on any atom is 0.348 e.